The molecule has 2 heterocycles. The molecule has 0 fully saturated rings. The van der Waals surface area contributed by atoms with Crippen molar-refractivity contribution in [2.75, 3.05) is 5.32 Å². The van der Waals surface area contributed by atoms with Crippen LogP contribution in [0.1, 0.15) is 21.6 Å². The summed E-state index contributed by atoms with van der Waals surface area (Å²) in [6, 6.07) is 10.3. The van der Waals surface area contributed by atoms with E-state index in [1.165, 1.54) is 0 Å². The highest BCUT2D eigenvalue weighted by Gasteiger charge is 2.16. The van der Waals surface area contributed by atoms with E-state index in [1.807, 2.05) is 6.92 Å². The fraction of sp³-hybridized carbons (Fsp3) is 0.111. The quantitative estimate of drug-likeness (QED) is 0.735. The Balaban J connectivity index is 1.93. The van der Waals surface area contributed by atoms with Crippen LogP contribution in [0.3, 0.4) is 0 Å². The van der Waals surface area contributed by atoms with Crippen molar-refractivity contribution in [1.29, 1.82) is 0 Å². The fourth-order valence-electron chi connectivity index (χ4n) is 2.38. The number of aromatic nitrogens is 3. The van der Waals surface area contributed by atoms with Crippen molar-refractivity contribution in [1.82, 2.24) is 14.5 Å². The smallest absolute Gasteiger partial charge is 0.320 e. The average molecular weight is 371 g/mol. The molecule has 0 aliphatic carbocycles. The van der Waals surface area contributed by atoms with Crippen LogP contribution in [0.15, 0.2) is 58.4 Å². The van der Waals surface area contributed by atoms with Crippen LogP contribution in [-0.4, -0.2) is 20.4 Å². The average Bonchev–Trinajstić information content (AvgIpc) is 2.62. The predicted molar refractivity (Wildman–Crippen MR) is 98.8 cm³/mol. The number of anilines is 1. The number of hydrogen-bond acceptors (Lipinski definition) is 4. The number of benzene rings is 1. The summed E-state index contributed by atoms with van der Waals surface area (Å²) in [5.41, 5.74) is 0.320. The molecule has 1 amide bonds. The van der Waals surface area contributed by atoms with Gasteiger partial charge in [-0.25, -0.2) is 4.79 Å². The highest BCUT2D eigenvalue weighted by molar-refractivity contribution is 6.34. The minimum absolute atomic E-state index is 0.0403. The Kier molecular flexibility index (Phi) is 4.99. The van der Waals surface area contributed by atoms with Crippen molar-refractivity contribution >= 4 is 23.2 Å². The van der Waals surface area contributed by atoms with Crippen LogP contribution in [0.4, 0.5) is 5.69 Å². The minimum atomic E-state index is -0.708. The molecule has 1 aromatic carbocycles. The van der Waals surface area contributed by atoms with Gasteiger partial charge in [-0.3, -0.25) is 19.1 Å². The van der Waals surface area contributed by atoms with Gasteiger partial charge in [-0.15, -0.1) is 0 Å². The normalized spacial score (nSPS) is 10.5. The number of hydrogen-bond donors (Lipinski definition) is 2. The van der Waals surface area contributed by atoms with Crippen molar-refractivity contribution < 1.29 is 4.79 Å². The van der Waals surface area contributed by atoms with Gasteiger partial charge in [0.05, 0.1) is 22.9 Å². The number of carbonyl (C=O) groups is 1. The van der Waals surface area contributed by atoms with Crippen LogP contribution in [0, 0.1) is 6.92 Å². The number of amides is 1. The lowest BCUT2D eigenvalue weighted by Crippen LogP contribution is -2.39. The Morgan fingerprint density at radius 3 is 2.77 bits per heavy atom. The van der Waals surface area contributed by atoms with E-state index in [0.29, 0.717) is 16.4 Å². The summed E-state index contributed by atoms with van der Waals surface area (Å²) in [5, 5.41) is 2.94. The SMILES string of the molecule is Cc1ccc(NC(=O)c2c[nH]c(=O)n(Cc3ccccn3)c2=O)c(Cl)c1. The molecule has 26 heavy (non-hydrogen) atoms. The van der Waals surface area contributed by atoms with Crippen LogP contribution < -0.4 is 16.6 Å². The molecule has 0 saturated heterocycles. The van der Waals surface area contributed by atoms with Crippen LogP contribution in [0.5, 0.6) is 0 Å². The maximum Gasteiger partial charge on any atom is 0.328 e. The second-order valence-electron chi connectivity index (χ2n) is 5.66. The standard InChI is InChI=1S/C18H15ClN4O3/c1-11-5-6-15(14(19)8-11)22-16(24)13-9-21-18(26)23(17(13)25)10-12-4-2-3-7-20-12/h2-9H,10H2,1H3,(H,21,26)(H,22,24). The number of halogens is 1. The lowest BCUT2D eigenvalue weighted by Gasteiger charge is -2.09. The van der Waals surface area contributed by atoms with E-state index < -0.39 is 17.2 Å². The highest BCUT2D eigenvalue weighted by Crippen LogP contribution is 2.22. The number of aromatic amines is 1. The van der Waals surface area contributed by atoms with Crippen molar-refractivity contribution in [2.24, 2.45) is 0 Å². The Bertz CT molecular complexity index is 1070. The molecule has 0 spiro atoms. The van der Waals surface area contributed by atoms with Gasteiger partial charge >= 0.3 is 5.69 Å². The molecule has 8 heteroatoms. The molecule has 0 atom stereocenters. The molecule has 3 rings (SSSR count). The van der Waals surface area contributed by atoms with E-state index >= 15 is 0 Å². The number of aryl methyl sites for hydroxylation is 1. The number of nitrogens with zero attached hydrogens (tertiary/aromatic N) is 2. The van der Waals surface area contributed by atoms with Crippen molar-refractivity contribution in [3.05, 3.63) is 91.5 Å². The molecule has 0 aliphatic rings. The first-order chi connectivity index (χ1) is 12.5. The van der Waals surface area contributed by atoms with Gasteiger partial charge in [0.1, 0.15) is 5.56 Å². The second-order valence-corrected chi connectivity index (χ2v) is 6.06. The molecule has 0 aliphatic heterocycles. The highest BCUT2D eigenvalue weighted by atomic mass is 35.5. The number of rotatable bonds is 4. The molecule has 0 unspecified atom stereocenters. The molecule has 2 aromatic heterocycles. The maximum atomic E-state index is 12.6. The van der Waals surface area contributed by atoms with Gasteiger partial charge in [-0.05, 0) is 36.8 Å². The van der Waals surface area contributed by atoms with Gasteiger partial charge in [0.15, 0.2) is 0 Å². The molecule has 7 nitrogen and oxygen atoms in total. The monoisotopic (exact) mass is 370 g/mol. The maximum absolute atomic E-state index is 12.6. The van der Waals surface area contributed by atoms with E-state index in [2.05, 4.69) is 15.3 Å². The summed E-state index contributed by atoms with van der Waals surface area (Å²) in [6.07, 6.45) is 2.65. The summed E-state index contributed by atoms with van der Waals surface area (Å²) >= 11 is 6.10. The molecule has 0 saturated carbocycles. The Hall–Kier alpha value is -3.19. The van der Waals surface area contributed by atoms with Gasteiger partial charge in [-0.2, -0.15) is 0 Å². The molecular weight excluding hydrogens is 356 g/mol. The van der Waals surface area contributed by atoms with Gasteiger partial charge in [-0.1, -0.05) is 23.7 Å². The Morgan fingerprint density at radius 1 is 1.27 bits per heavy atom. The number of nitrogens with one attached hydrogen (secondary N) is 2. The first kappa shape index (κ1) is 17.6. The largest absolute Gasteiger partial charge is 0.328 e. The number of pyridine rings is 1. The molecule has 0 bridgehead atoms. The lowest BCUT2D eigenvalue weighted by molar-refractivity contribution is 0.102. The van der Waals surface area contributed by atoms with Gasteiger partial charge < -0.3 is 10.3 Å². The van der Waals surface area contributed by atoms with E-state index in [4.69, 9.17) is 11.6 Å². The Labute approximate surface area is 153 Å². The van der Waals surface area contributed by atoms with E-state index in [-0.39, 0.29) is 12.1 Å². The van der Waals surface area contributed by atoms with Crippen LogP contribution >= 0.6 is 11.6 Å². The third-order valence-electron chi connectivity index (χ3n) is 3.72. The summed E-state index contributed by atoms with van der Waals surface area (Å²) in [6.45, 7) is 1.83. The first-order valence-corrected chi connectivity index (χ1v) is 8.13. The van der Waals surface area contributed by atoms with Crippen LogP contribution in [-0.2, 0) is 6.54 Å². The zero-order chi connectivity index (χ0) is 18.7. The zero-order valence-electron chi connectivity index (χ0n) is 13.8. The van der Waals surface area contributed by atoms with E-state index in [0.717, 1.165) is 16.3 Å². The fourth-order valence-corrected chi connectivity index (χ4v) is 2.66. The lowest BCUT2D eigenvalue weighted by atomic mass is 10.2. The minimum Gasteiger partial charge on any atom is -0.320 e. The van der Waals surface area contributed by atoms with Gasteiger partial charge in [0, 0.05) is 12.4 Å². The third-order valence-corrected chi connectivity index (χ3v) is 4.04. The topological polar surface area (TPSA) is 96.8 Å². The summed E-state index contributed by atoms with van der Waals surface area (Å²) < 4.78 is 0.925. The molecule has 0 radical (unpaired) electrons. The molecular formula is C18H15ClN4O3. The van der Waals surface area contributed by atoms with Crippen molar-refractivity contribution in [3.8, 4) is 0 Å². The van der Waals surface area contributed by atoms with Gasteiger partial charge in [0.25, 0.3) is 11.5 Å². The molecule has 132 valence electrons. The molecule has 3 aromatic rings. The summed E-state index contributed by atoms with van der Waals surface area (Å²) in [7, 11) is 0. The van der Waals surface area contributed by atoms with Crippen molar-refractivity contribution in [3.63, 3.8) is 0 Å². The second kappa shape index (κ2) is 7.37. The van der Waals surface area contributed by atoms with Crippen molar-refractivity contribution in [2.45, 2.75) is 13.5 Å². The first-order valence-electron chi connectivity index (χ1n) is 7.75. The Morgan fingerprint density at radius 2 is 2.08 bits per heavy atom. The molecule has 2 N–H and O–H groups in total. The van der Waals surface area contributed by atoms with Gasteiger partial charge in [0.2, 0.25) is 0 Å². The van der Waals surface area contributed by atoms with E-state index in [1.54, 1.807) is 42.6 Å². The van der Waals surface area contributed by atoms with Crippen LogP contribution in [0.25, 0.3) is 0 Å². The number of carbonyl (C=O) groups excluding carboxylic acids is 1. The zero-order valence-corrected chi connectivity index (χ0v) is 14.6. The summed E-state index contributed by atoms with van der Waals surface area (Å²) in [5.74, 6) is -0.660. The predicted octanol–water partition coefficient (Wildman–Crippen LogP) is 2.19. The van der Waals surface area contributed by atoms with Crippen LogP contribution in [0.2, 0.25) is 5.02 Å². The van der Waals surface area contributed by atoms with E-state index in [9.17, 15) is 14.4 Å². The number of H-pyrrole nitrogens is 1. The third kappa shape index (κ3) is 3.73. The summed E-state index contributed by atoms with van der Waals surface area (Å²) in [4.78, 5) is 43.5.